The Balaban J connectivity index is 2.06. The van der Waals surface area contributed by atoms with Gasteiger partial charge in [0.1, 0.15) is 5.69 Å². The summed E-state index contributed by atoms with van der Waals surface area (Å²) in [5.74, 6) is -0.0794. The molecule has 2 heterocycles. The minimum Gasteiger partial charge on any atom is -0.465 e. The second kappa shape index (κ2) is 9.19. The van der Waals surface area contributed by atoms with Gasteiger partial charge in [0, 0.05) is 31.4 Å². The Labute approximate surface area is 155 Å². The second-order valence-corrected chi connectivity index (χ2v) is 7.26. The van der Waals surface area contributed by atoms with Crippen molar-refractivity contribution >= 4 is 11.9 Å². The highest BCUT2D eigenvalue weighted by Crippen LogP contribution is 2.19. The first-order valence-corrected chi connectivity index (χ1v) is 9.22. The van der Waals surface area contributed by atoms with Crippen LogP contribution in [0.25, 0.3) is 0 Å². The van der Waals surface area contributed by atoms with Crippen LogP contribution in [-0.2, 0) is 9.47 Å². The van der Waals surface area contributed by atoms with Crippen LogP contribution in [0.5, 0.6) is 0 Å². The van der Waals surface area contributed by atoms with Gasteiger partial charge in [0.25, 0.3) is 5.91 Å². The number of carbonyl (C=O) groups excluding carboxylic acids is 2. The summed E-state index contributed by atoms with van der Waals surface area (Å²) in [6.07, 6.45) is 1.01. The van der Waals surface area contributed by atoms with Gasteiger partial charge < -0.3 is 19.8 Å². The molecule has 0 saturated carbocycles. The molecule has 0 aromatic carbocycles. The number of esters is 1. The van der Waals surface area contributed by atoms with Gasteiger partial charge >= 0.3 is 5.97 Å². The maximum atomic E-state index is 12.7. The van der Waals surface area contributed by atoms with Crippen molar-refractivity contribution < 1.29 is 19.1 Å². The predicted octanol–water partition coefficient (Wildman–Crippen LogP) is 1.89. The number of H-pyrrole nitrogens is 1. The van der Waals surface area contributed by atoms with Gasteiger partial charge in [0.05, 0.1) is 25.9 Å². The van der Waals surface area contributed by atoms with Crippen molar-refractivity contribution in [3.8, 4) is 0 Å². The molecule has 1 aliphatic heterocycles. The van der Waals surface area contributed by atoms with Crippen LogP contribution in [0.15, 0.2) is 0 Å². The van der Waals surface area contributed by atoms with Crippen molar-refractivity contribution in [3.05, 3.63) is 22.5 Å². The van der Waals surface area contributed by atoms with E-state index in [1.54, 1.807) is 13.8 Å². The molecule has 26 heavy (non-hydrogen) atoms. The third-order valence-electron chi connectivity index (χ3n) is 4.86. The molecule has 0 spiro atoms. The van der Waals surface area contributed by atoms with Crippen LogP contribution in [0.2, 0.25) is 0 Å². The van der Waals surface area contributed by atoms with E-state index in [0.717, 1.165) is 32.7 Å². The van der Waals surface area contributed by atoms with E-state index in [1.807, 2.05) is 0 Å². The third-order valence-corrected chi connectivity index (χ3v) is 4.86. The number of ether oxygens (including phenoxy) is 2. The largest absolute Gasteiger partial charge is 0.465 e. The summed E-state index contributed by atoms with van der Waals surface area (Å²) in [6.45, 7) is 11.7. The van der Waals surface area contributed by atoms with E-state index in [-0.39, 0.29) is 11.9 Å². The molecule has 1 amide bonds. The molecule has 0 bridgehead atoms. The lowest BCUT2D eigenvalue weighted by atomic mass is 10.0. The molecule has 0 aliphatic carbocycles. The first kappa shape index (κ1) is 20.5. The molecular formula is C19H31N3O4. The van der Waals surface area contributed by atoms with Crippen molar-refractivity contribution in [2.45, 2.75) is 40.2 Å². The number of hydrogen-bond donors (Lipinski definition) is 2. The lowest BCUT2D eigenvalue weighted by Crippen LogP contribution is -2.49. The van der Waals surface area contributed by atoms with E-state index < -0.39 is 5.97 Å². The van der Waals surface area contributed by atoms with Crippen molar-refractivity contribution in [2.24, 2.45) is 5.92 Å². The zero-order valence-electron chi connectivity index (χ0n) is 16.5. The summed E-state index contributed by atoms with van der Waals surface area (Å²) in [5.41, 5.74) is 2.13. The minimum atomic E-state index is -0.429. The molecule has 0 unspecified atom stereocenters. The fourth-order valence-electron chi connectivity index (χ4n) is 3.53. The minimum absolute atomic E-state index is 0.192. The smallest absolute Gasteiger partial charge is 0.339 e. The number of carbonyl (C=O) groups is 2. The van der Waals surface area contributed by atoms with Gasteiger partial charge in [-0.15, -0.1) is 0 Å². The van der Waals surface area contributed by atoms with Crippen LogP contribution in [0.4, 0.5) is 0 Å². The number of amides is 1. The van der Waals surface area contributed by atoms with E-state index in [0.29, 0.717) is 35.0 Å². The number of nitrogens with one attached hydrogen (secondary N) is 2. The van der Waals surface area contributed by atoms with Crippen molar-refractivity contribution in [1.29, 1.82) is 0 Å². The molecule has 7 heteroatoms. The van der Waals surface area contributed by atoms with E-state index in [1.165, 1.54) is 7.11 Å². The fourth-order valence-corrected chi connectivity index (χ4v) is 3.53. The average molecular weight is 365 g/mol. The molecule has 146 valence electrons. The number of nitrogens with zero attached hydrogens (tertiary/aromatic N) is 1. The zero-order valence-corrected chi connectivity index (χ0v) is 16.5. The average Bonchev–Trinajstić information content (AvgIpc) is 2.92. The van der Waals surface area contributed by atoms with E-state index in [4.69, 9.17) is 9.47 Å². The fraction of sp³-hybridized carbons (Fsp3) is 0.684. The number of aromatic amines is 1. The summed E-state index contributed by atoms with van der Waals surface area (Å²) in [4.78, 5) is 30.0. The van der Waals surface area contributed by atoms with Gasteiger partial charge in [-0.3, -0.25) is 9.69 Å². The van der Waals surface area contributed by atoms with Crippen molar-refractivity contribution in [2.75, 3.05) is 40.0 Å². The number of methoxy groups -OCH3 is 1. The first-order valence-electron chi connectivity index (χ1n) is 9.22. The molecule has 1 saturated heterocycles. The van der Waals surface area contributed by atoms with Gasteiger partial charge in [-0.2, -0.15) is 0 Å². The van der Waals surface area contributed by atoms with Crippen molar-refractivity contribution in [3.63, 3.8) is 0 Å². The van der Waals surface area contributed by atoms with Crippen LogP contribution in [0, 0.1) is 19.8 Å². The van der Waals surface area contributed by atoms with Crippen LogP contribution in [0.3, 0.4) is 0 Å². The van der Waals surface area contributed by atoms with E-state index in [2.05, 4.69) is 29.0 Å². The highest BCUT2D eigenvalue weighted by atomic mass is 16.5. The maximum Gasteiger partial charge on any atom is 0.339 e. The first-order chi connectivity index (χ1) is 12.3. The Morgan fingerprint density at radius 2 is 1.92 bits per heavy atom. The summed E-state index contributed by atoms with van der Waals surface area (Å²) >= 11 is 0. The SMILES string of the molecule is COC(=O)c1c(C)[nH]c(C(=O)NC[C@@H](CC(C)C)N2CCOCC2)c1C. The molecule has 2 N–H and O–H groups in total. The molecule has 1 atom stereocenters. The molecule has 0 radical (unpaired) electrons. The van der Waals surface area contributed by atoms with Gasteiger partial charge in [-0.1, -0.05) is 13.8 Å². The van der Waals surface area contributed by atoms with E-state index >= 15 is 0 Å². The standard InChI is InChI=1S/C19H31N3O4/c1-12(2)10-15(22-6-8-26-9-7-22)11-20-18(23)17-13(3)16(14(4)21-17)19(24)25-5/h12,15,21H,6-11H2,1-5H3,(H,20,23)/t15-/m1/s1. The zero-order chi connectivity index (χ0) is 19.3. The quantitative estimate of drug-likeness (QED) is 0.721. The number of rotatable bonds is 7. The monoisotopic (exact) mass is 365 g/mol. The second-order valence-electron chi connectivity index (χ2n) is 7.26. The number of aromatic nitrogens is 1. The van der Waals surface area contributed by atoms with Gasteiger partial charge in [-0.25, -0.2) is 4.79 Å². The Morgan fingerprint density at radius 1 is 1.27 bits per heavy atom. The number of morpholine rings is 1. The Morgan fingerprint density at radius 3 is 2.50 bits per heavy atom. The van der Waals surface area contributed by atoms with Crippen LogP contribution in [0.1, 0.15) is 52.4 Å². The van der Waals surface area contributed by atoms with E-state index in [9.17, 15) is 9.59 Å². The maximum absolute atomic E-state index is 12.7. The summed E-state index contributed by atoms with van der Waals surface area (Å²) < 4.78 is 10.2. The van der Waals surface area contributed by atoms with Crippen LogP contribution < -0.4 is 5.32 Å². The molecule has 1 aromatic rings. The molecule has 7 nitrogen and oxygen atoms in total. The molecule has 1 aliphatic rings. The number of hydrogen-bond acceptors (Lipinski definition) is 5. The normalized spacial score (nSPS) is 16.5. The van der Waals surface area contributed by atoms with Crippen molar-refractivity contribution in [1.82, 2.24) is 15.2 Å². The highest BCUT2D eigenvalue weighted by molar-refractivity contribution is 6.00. The highest BCUT2D eigenvalue weighted by Gasteiger charge is 2.25. The topological polar surface area (TPSA) is 83.7 Å². The predicted molar refractivity (Wildman–Crippen MR) is 99.6 cm³/mol. The Kier molecular flexibility index (Phi) is 7.23. The lowest BCUT2D eigenvalue weighted by Gasteiger charge is -2.35. The summed E-state index contributed by atoms with van der Waals surface area (Å²) in [7, 11) is 1.34. The molecule has 2 rings (SSSR count). The Hall–Kier alpha value is -1.86. The molecule has 1 aromatic heterocycles. The van der Waals surface area contributed by atoms with Crippen LogP contribution >= 0.6 is 0 Å². The number of aryl methyl sites for hydroxylation is 1. The third kappa shape index (κ3) is 4.86. The van der Waals surface area contributed by atoms with Crippen LogP contribution in [-0.4, -0.2) is 67.8 Å². The van der Waals surface area contributed by atoms with Gasteiger partial charge in [-0.05, 0) is 31.7 Å². The Bertz CT molecular complexity index is 633. The molecular weight excluding hydrogens is 334 g/mol. The van der Waals surface area contributed by atoms with Gasteiger partial charge in [0.15, 0.2) is 0 Å². The molecule has 1 fully saturated rings. The lowest BCUT2D eigenvalue weighted by molar-refractivity contribution is 0.0124. The van der Waals surface area contributed by atoms with Gasteiger partial charge in [0.2, 0.25) is 0 Å². The summed E-state index contributed by atoms with van der Waals surface area (Å²) in [6, 6.07) is 0.277. The summed E-state index contributed by atoms with van der Waals surface area (Å²) in [5, 5.41) is 3.04.